The monoisotopic (exact) mass is 151 g/mol. The molecule has 0 aliphatic carbocycles. The molecule has 0 aliphatic heterocycles. The first-order chi connectivity index (χ1) is 5.20. The van der Waals surface area contributed by atoms with Crippen molar-refractivity contribution in [3.8, 4) is 0 Å². The van der Waals surface area contributed by atoms with Gasteiger partial charge in [-0.3, -0.25) is 0 Å². The van der Waals surface area contributed by atoms with Gasteiger partial charge in [-0.2, -0.15) is 5.10 Å². The van der Waals surface area contributed by atoms with Crippen LogP contribution in [0.1, 0.15) is 5.69 Å². The third-order valence-electron chi connectivity index (χ3n) is 1.40. The van der Waals surface area contributed by atoms with Crippen LogP contribution in [0.15, 0.2) is 23.4 Å². The van der Waals surface area contributed by atoms with Crippen LogP contribution in [-0.2, 0) is 7.05 Å². The van der Waals surface area contributed by atoms with Crippen LogP contribution in [0.25, 0.3) is 0 Å². The molecule has 0 bridgehead atoms. The highest BCUT2D eigenvalue weighted by Crippen LogP contribution is 1.95. The van der Waals surface area contributed by atoms with Gasteiger partial charge in [0.1, 0.15) is 0 Å². The third-order valence-corrected chi connectivity index (χ3v) is 1.40. The van der Waals surface area contributed by atoms with Gasteiger partial charge in [0.05, 0.1) is 11.9 Å². The summed E-state index contributed by atoms with van der Waals surface area (Å²) in [4.78, 5) is 0. The van der Waals surface area contributed by atoms with Crippen LogP contribution in [0.3, 0.4) is 0 Å². The second-order valence-corrected chi connectivity index (χ2v) is 2.64. The molecule has 0 radical (unpaired) electrons. The standard InChI is InChI=1S/C8H13N3/c1-10(2)9-7-8-5-4-6-11(8)3/h4-7H,1-3H3. The van der Waals surface area contributed by atoms with Gasteiger partial charge >= 0.3 is 0 Å². The first-order valence-electron chi connectivity index (χ1n) is 3.53. The molecule has 0 amide bonds. The summed E-state index contributed by atoms with van der Waals surface area (Å²) in [7, 11) is 5.80. The molecule has 0 spiro atoms. The van der Waals surface area contributed by atoms with E-state index in [0.717, 1.165) is 5.69 Å². The molecule has 0 fully saturated rings. The van der Waals surface area contributed by atoms with E-state index in [1.54, 1.807) is 5.01 Å². The van der Waals surface area contributed by atoms with Crippen molar-refractivity contribution in [2.75, 3.05) is 14.1 Å². The van der Waals surface area contributed by atoms with E-state index < -0.39 is 0 Å². The lowest BCUT2D eigenvalue weighted by atomic mass is 10.5. The normalized spacial score (nSPS) is 10.8. The SMILES string of the molecule is CN(C)N=Cc1cccn1C. The zero-order valence-electron chi connectivity index (χ0n) is 7.15. The fourth-order valence-corrected chi connectivity index (χ4v) is 0.783. The molecule has 0 saturated heterocycles. The molecular weight excluding hydrogens is 138 g/mol. The zero-order chi connectivity index (χ0) is 8.27. The van der Waals surface area contributed by atoms with Gasteiger partial charge in [0, 0.05) is 27.3 Å². The first kappa shape index (κ1) is 7.85. The fourth-order valence-electron chi connectivity index (χ4n) is 0.783. The average molecular weight is 151 g/mol. The van der Waals surface area contributed by atoms with E-state index in [4.69, 9.17) is 0 Å². The molecule has 0 aromatic carbocycles. The average Bonchev–Trinajstić information content (AvgIpc) is 2.31. The van der Waals surface area contributed by atoms with Crippen LogP contribution in [-0.4, -0.2) is 29.9 Å². The van der Waals surface area contributed by atoms with Crippen LogP contribution in [0.4, 0.5) is 0 Å². The molecule has 1 rings (SSSR count). The van der Waals surface area contributed by atoms with Crippen molar-refractivity contribution in [1.29, 1.82) is 0 Å². The van der Waals surface area contributed by atoms with Crippen molar-refractivity contribution >= 4 is 6.21 Å². The molecule has 0 saturated carbocycles. The number of hydrazone groups is 1. The lowest BCUT2D eigenvalue weighted by Gasteiger charge is -2.02. The number of aromatic nitrogens is 1. The zero-order valence-corrected chi connectivity index (χ0v) is 7.15. The van der Waals surface area contributed by atoms with Gasteiger partial charge in [-0.1, -0.05) is 0 Å². The molecule has 0 unspecified atom stereocenters. The molecule has 0 aliphatic rings. The Kier molecular flexibility index (Phi) is 2.31. The van der Waals surface area contributed by atoms with Crippen molar-refractivity contribution in [1.82, 2.24) is 9.58 Å². The van der Waals surface area contributed by atoms with E-state index in [1.165, 1.54) is 0 Å². The maximum absolute atomic E-state index is 4.12. The predicted molar refractivity (Wildman–Crippen MR) is 46.7 cm³/mol. The number of nitrogens with zero attached hydrogens (tertiary/aromatic N) is 3. The van der Waals surface area contributed by atoms with Gasteiger partial charge in [-0.05, 0) is 12.1 Å². The van der Waals surface area contributed by atoms with E-state index in [2.05, 4.69) is 5.10 Å². The van der Waals surface area contributed by atoms with Gasteiger partial charge in [0.2, 0.25) is 0 Å². The van der Waals surface area contributed by atoms with Crippen LogP contribution >= 0.6 is 0 Å². The van der Waals surface area contributed by atoms with Gasteiger partial charge in [0.15, 0.2) is 0 Å². The van der Waals surface area contributed by atoms with Crippen molar-refractivity contribution in [3.63, 3.8) is 0 Å². The minimum absolute atomic E-state index is 1.11. The number of hydrogen-bond donors (Lipinski definition) is 0. The summed E-state index contributed by atoms with van der Waals surface area (Å²) in [5.41, 5.74) is 1.11. The highest BCUT2D eigenvalue weighted by atomic mass is 15.4. The number of rotatable bonds is 2. The number of aryl methyl sites for hydroxylation is 1. The molecule has 0 N–H and O–H groups in total. The second-order valence-electron chi connectivity index (χ2n) is 2.64. The maximum Gasteiger partial charge on any atom is 0.0707 e. The predicted octanol–water partition coefficient (Wildman–Crippen LogP) is 0.921. The highest BCUT2D eigenvalue weighted by Gasteiger charge is 1.90. The van der Waals surface area contributed by atoms with Gasteiger partial charge in [0.25, 0.3) is 0 Å². The Hall–Kier alpha value is -1.25. The summed E-state index contributed by atoms with van der Waals surface area (Å²) >= 11 is 0. The molecule has 60 valence electrons. The van der Waals surface area contributed by atoms with E-state index in [-0.39, 0.29) is 0 Å². The van der Waals surface area contributed by atoms with Gasteiger partial charge < -0.3 is 9.58 Å². The Balaban J connectivity index is 2.71. The topological polar surface area (TPSA) is 20.5 Å². The summed E-state index contributed by atoms with van der Waals surface area (Å²) in [5.74, 6) is 0. The highest BCUT2D eigenvalue weighted by molar-refractivity contribution is 5.77. The molecule has 1 aromatic rings. The smallest absolute Gasteiger partial charge is 0.0707 e. The molecule has 1 aromatic heterocycles. The Morgan fingerprint density at radius 3 is 2.73 bits per heavy atom. The molecule has 0 atom stereocenters. The lowest BCUT2D eigenvalue weighted by molar-refractivity contribution is 0.440. The van der Waals surface area contributed by atoms with Crippen molar-refractivity contribution in [2.45, 2.75) is 0 Å². The summed E-state index contributed by atoms with van der Waals surface area (Å²) < 4.78 is 2.02. The van der Waals surface area contributed by atoms with Crippen molar-refractivity contribution in [3.05, 3.63) is 24.0 Å². The Labute approximate surface area is 66.9 Å². The van der Waals surface area contributed by atoms with Crippen LogP contribution < -0.4 is 0 Å². The Morgan fingerprint density at radius 1 is 1.55 bits per heavy atom. The minimum Gasteiger partial charge on any atom is -0.350 e. The van der Waals surface area contributed by atoms with E-state index >= 15 is 0 Å². The quantitative estimate of drug-likeness (QED) is 0.454. The van der Waals surface area contributed by atoms with E-state index in [1.807, 2.05) is 50.3 Å². The third kappa shape index (κ3) is 2.11. The second kappa shape index (κ2) is 3.23. The fraction of sp³-hybridized carbons (Fsp3) is 0.375. The maximum atomic E-state index is 4.12. The van der Waals surface area contributed by atoms with Gasteiger partial charge in [-0.25, -0.2) is 0 Å². The van der Waals surface area contributed by atoms with Gasteiger partial charge in [-0.15, -0.1) is 0 Å². The summed E-state index contributed by atoms with van der Waals surface area (Å²) in [6, 6.07) is 4.02. The lowest BCUT2D eigenvalue weighted by Crippen LogP contribution is -2.03. The summed E-state index contributed by atoms with van der Waals surface area (Å²) in [5, 5.41) is 5.89. The minimum atomic E-state index is 1.11. The van der Waals surface area contributed by atoms with Crippen molar-refractivity contribution in [2.24, 2.45) is 12.1 Å². The summed E-state index contributed by atoms with van der Waals surface area (Å²) in [6.07, 6.45) is 3.83. The van der Waals surface area contributed by atoms with E-state index in [9.17, 15) is 0 Å². The molecule has 1 heterocycles. The Bertz CT molecular complexity index is 248. The molecule has 3 heteroatoms. The molecular formula is C8H13N3. The molecule has 3 nitrogen and oxygen atoms in total. The summed E-state index contributed by atoms with van der Waals surface area (Å²) in [6.45, 7) is 0. The van der Waals surface area contributed by atoms with Crippen LogP contribution in [0.5, 0.6) is 0 Å². The van der Waals surface area contributed by atoms with Crippen molar-refractivity contribution < 1.29 is 0 Å². The van der Waals surface area contributed by atoms with E-state index in [0.29, 0.717) is 0 Å². The molecule has 11 heavy (non-hydrogen) atoms. The van der Waals surface area contributed by atoms with Crippen LogP contribution in [0, 0.1) is 0 Å². The first-order valence-corrected chi connectivity index (χ1v) is 3.53. The van der Waals surface area contributed by atoms with Crippen LogP contribution in [0.2, 0.25) is 0 Å². The number of hydrogen-bond acceptors (Lipinski definition) is 2. The Morgan fingerprint density at radius 2 is 2.27 bits per heavy atom. The largest absolute Gasteiger partial charge is 0.350 e.